The summed E-state index contributed by atoms with van der Waals surface area (Å²) in [6, 6.07) is 5.31. The zero-order valence-electron chi connectivity index (χ0n) is 24.3. The van der Waals surface area contributed by atoms with E-state index < -0.39 is 11.9 Å². The number of hydrogen-bond acceptors (Lipinski definition) is 8. The van der Waals surface area contributed by atoms with Gasteiger partial charge in [0.2, 0.25) is 12.7 Å². The number of carbonyl (C=O) groups excluding carboxylic acids is 1. The molecule has 1 aromatic heterocycles. The normalized spacial score (nSPS) is 20.4. The van der Waals surface area contributed by atoms with Crippen molar-refractivity contribution in [3.05, 3.63) is 41.6 Å². The molecule has 4 rings (SSSR count). The monoisotopic (exact) mass is 556 g/mol. The van der Waals surface area contributed by atoms with Gasteiger partial charge < -0.3 is 28.8 Å². The van der Waals surface area contributed by atoms with Crippen LogP contribution in [0.25, 0.3) is 0 Å². The number of ether oxygens (including phenoxy) is 2. The number of nitrogens with zero attached hydrogens (tertiary/aromatic N) is 4. The Hall–Kier alpha value is -3.11. The number of oxazole rings is 1. The summed E-state index contributed by atoms with van der Waals surface area (Å²) in [4.78, 5) is 37.0. The zero-order valence-corrected chi connectivity index (χ0v) is 24.3. The molecule has 1 aromatic carbocycles. The highest BCUT2D eigenvalue weighted by Gasteiger charge is 2.47. The van der Waals surface area contributed by atoms with E-state index in [0.29, 0.717) is 43.3 Å². The lowest BCUT2D eigenvalue weighted by molar-refractivity contribution is -0.143. The number of carboxylic acid groups (broad SMARTS) is 1. The minimum Gasteiger partial charge on any atom is -0.481 e. The summed E-state index contributed by atoms with van der Waals surface area (Å²) in [7, 11) is 4.12. The maximum atomic E-state index is 13.7. The van der Waals surface area contributed by atoms with E-state index in [1.807, 2.05) is 30.0 Å². The van der Waals surface area contributed by atoms with E-state index >= 15 is 0 Å². The number of benzene rings is 1. The van der Waals surface area contributed by atoms with Gasteiger partial charge in [-0.25, -0.2) is 4.98 Å². The summed E-state index contributed by atoms with van der Waals surface area (Å²) in [6.45, 7) is 7.22. The molecule has 10 nitrogen and oxygen atoms in total. The van der Waals surface area contributed by atoms with Gasteiger partial charge in [0.15, 0.2) is 17.4 Å². The highest BCUT2D eigenvalue weighted by atomic mass is 16.7. The van der Waals surface area contributed by atoms with Gasteiger partial charge in [-0.15, -0.1) is 0 Å². The van der Waals surface area contributed by atoms with E-state index in [9.17, 15) is 14.7 Å². The SMILES string of the molecule is CCCCN(CCCCN(C)C)C(=O)CN1C[C@H](c2ccc3c(c2)OCO3)[C@@H](C(=O)O)[C@@H]1CCc1ncc(C)o1. The topological polar surface area (TPSA) is 109 Å². The number of hydrogen-bond donors (Lipinski definition) is 1. The van der Waals surface area contributed by atoms with Crippen molar-refractivity contribution in [2.75, 3.05) is 53.6 Å². The number of amides is 1. The predicted molar refractivity (Wildman–Crippen MR) is 151 cm³/mol. The molecule has 0 radical (unpaired) electrons. The number of aliphatic carboxylic acids is 1. The Morgan fingerprint density at radius 1 is 1.10 bits per heavy atom. The quantitative estimate of drug-likeness (QED) is 0.328. The van der Waals surface area contributed by atoms with Crippen molar-refractivity contribution in [1.29, 1.82) is 0 Å². The summed E-state index contributed by atoms with van der Waals surface area (Å²) in [6.07, 6.45) is 6.64. The maximum Gasteiger partial charge on any atom is 0.308 e. The third-order valence-electron chi connectivity index (χ3n) is 7.94. The van der Waals surface area contributed by atoms with Gasteiger partial charge in [-0.05, 0) is 70.9 Å². The van der Waals surface area contributed by atoms with Crippen molar-refractivity contribution < 1.29 is 28.6 Å². The number of fused-ring (bicyclic) bond motifs is 1. The molecule has 0 spiro atoms. The molecule has 2 aliphatic rings. The summed E-state index contributed by atoms with van der Waals surface area (Å²) in [5.74, 6) is 0.827. The molecule has 10 heteroatoms. The van der Waals surface area contributed by atoms with Crippen molar-refractivity contribution in [2.45, 2.75) is 64.3 Å². The molecular formula is C30H44N4O6. The van der Waals surface area contributed by atoms with Gasteiger partial charge in [-0.1, -0.05) is 19.4 Å². The van der Waals surface area contributed by atoms with E-state index in [0.717, 1.165) is 50.1 Å². The van der Waals surface area contributed by atoms with Crippen LogP contribution in [0.5, 0.6) is 11.5 Å². The van der Waals surface area contributed by atoms with E-state index in [-0.39, 0.29) is 31.2 Å². The van der Waals surface area contributed by atoms with Gasteiger partial charge in [0.05, 0.1) is 18.7 Å². The number of rotatable bonds is 15. The number of likely N-dealkylation sites (tertiary alicyclic amines) is 1. The third-order valence-corrected chi connectivity index (χ3v) is 7.94. The first-order chi connectivity index (χ1) is 19.3. The molecule has 0 unspecified atom stereocenters. The number of carboxylic acids is 1. The largest absolute Gasteiger partial charge is 0.481 e. The Kier molecular flexibility index (Phi) is 10.4. The molecule has 1 fully saturated rings. The summed E-state index contributed by atoms with van der Waals surface area (Å²) < 4.78 is 16.7. The Morgan fingerprint density at radius 2 is 1.85 bits per heavy atom. The van der Waals surface area contributed by atoms with Gasteiger partial charge in [-0.2, -0.15) is 0 Å². The molecule has 2 aliphatic heterocycles. The minimum absolute atomic E-state index is 0.0609. The number of unbranched alkanes of at least 4 members (excludes halogenated alkanes) is 2. The molecule has 3 heterocycles. The Balaban J connectivity index is 1.54. The van der Waals surface area contributed by atoms with E-state index in [1.54, 1.807) is 6.20 Å². The Bertz CT molecular complexity index is 1140. The highest BCUT2D eigenvalue weighted by molar-refractivity contribution is 5.79. The van der Waals surface area contributed by atoms with Crippen LogP contribution in [0.3, 0.4) is 0 Å². The van der Waals surface area contributed by atoms with Crippen LogP contribution in [0.2, 0.25) is 0 Å². The Labute approximate surface area is 237 Å². The summed E-state index contributed by atoms with van der Waals surface area (Å²) in [5, 5.41) is 10.5. The molecule has 1 amide bonds. The van der Waals surface area contributed by atoms with Crippen molar-refractivity contribution in [1.82, 2.24) is 19.7 Å². The second-order valence-corrected chi connectivity index (χ2v) is 11.2. The van der Waals surface area contributed by atoms with Gasteiger partial charge in [-0.3, -0.25) is 14.5 Å². The second-order valence-electron chi connectivity index (χ2n) is 11.2. The second kappa shape index (κ2) is 14.0. The fourth-order valence-electron chi connectivity index (χ4n) is 5.84. The maximum absolute atomic E-state index is 13.7. The van der Waals surface area contributed by atoms with Crippen LogP contribution in [0.4, 0.5) is 0 Å². The van der Waals surface area contributed by atoms with Crippen LogP contribution in [0.15, 0.2) is 28.8 Å². The number of aryl methyl sites for hydroxylation is 2. The van der Waals surface area contributed by atoms with Crippen LogP contribution in [0.1, 0.15) is 62.2 Å². The van der Waals surface area contributed by atoms with E-state index in [4.69, 9.17) is 13.9 Å². The first-order valence-corrected chi connectivity index (χ1v) is 14.5. The molecule has 0 saturated carbocycles. The fraction of sp³-hybridized carbons (Fsp3) is 0.633. The Morgan fingerprint density at radius 3 is 2.55 bits per heavy atom. The molecule has 3 atom stereocenters. The molecule has 220 valence electrons. The van der Waals surface area contributed by atoms with Crippen molar-refractivity contribution >= 4 is 11.9 Å². The van der Waals surface area contributed by atoms with E-state index in [1.165, 1.54) is 0 Å². The lowest BCUT2D eigenvalue weighted by Crippen LogP contribution is -2.45. The summed E-state index contributed by atoms with van der Waals surface area (Å²) in [5.41, 5.74) is 0.884. The van der Waals surface area contributed by atoms with Crippen LogP contribution in [0, 0.1) is 12.8 Å². The molecule has 0 aliphatic carbocycles. The van der Waals surface area contributed by atoms with Crippen LogP contribution < -0.4 is 9.47 Å². The molecule has 1 saturated heterocycles. The zero-order chi connectivity index (χ0) is 28.6. The van der Waals surface area contributed by atoms with E-state index in [2.05, 4.69) is 35.8 Å². The number of aromatic nitrogens is 1. The van der Waals surface area contributed by atoms with Crippen LogP contribution >= 0.6 is 0 Å². The molecule has 2 aromatic rings. The lowest BCUT2D eigenvalue weighted by atomic mass is 9.83. The van der Waals surface area contributed by atoms with Gasteiger partial charge >= 0.3 is 5.97 Å². The predicted octanol–water partition coefficient (Wildman–Crippen LogP) is 3.78. The third kappa shape index (κ3) is 7.54. The van der Waals surface area contributed by atoms with Crippen molar-refractivity contribution in [3.63, 3.8) is 0 Å². The molecule has 0 bridgehead atoms. The first kappa shape index (κ1) is 29.9. The minimum atomic E-state index is -0.863. The standard InChI is InChI=1S/C30H44N4O6/c1-5-6-14-33(15-8-7-13-32(3)4)28(35)19-34-18-23(22-9-11-25-26(16-22)39-20-38-25)29(30(36)37)24(34)10-12-27-31-17-21(2)40-27/h9,11,16-17,23-24,29H,5-8,10,12-15,18-20H2,1-4H3,(H,36,37)/t23-,24+,29-/m1/s1. The number of carbonyl (C=O) groups is 2. The molecular weight excluding hydrogens is 512 g/mol. The van der Waals surface area contributed by atoms with Gasteiger partial charge in [0.1, 0.15) is 5.76 Å². The first-order valence-electron chi connectivity index (χ1n) is 14.5. The smallest absolute Gasteiger partial charge is 0.308 e. The van der Waals surface area contributed by atoms with Crippen molar-refractivity contribution in [3.8, 4) is 11.5 Å². The fourth-order valence-corrected chi connectivity index (χ4v) is 5.84. The average Bonchev–Trinajstić information content (AvgIpc) is 3.64. The average molecular weight is 557 g/mol. The van der Waals surface area contributed by atoms with Gasteiger partial charge in [0.25, 0.3) is 0 Å². The van der Waals surface area contributed by atoms with Crippen molar-refractivity contribution in [2.24, 2.45) is 5.92 Å². The highest BCUT2D eigenvalue weighted by Crippen LogP contribution is 2.43. The van der Waals surface area contributed by atoms with Gasteiger partial charge in [0, 0.05) is 38.0 Å². The lowest BCUT2D eigenvalue weighted by Gasteiger charge is -2.29. The molecule has 1 N–H and O–H groups in total. The van der Waals surface area contributed by atoms with Crippen LogP contribution in [-0.2, 0) is 16.0 Å². The van der Waals surface area contributed by atoms with Crippen LogP contribution in [-0.4, -0.2) is 96.3 Å². The molecule has 40 heavy (non-hydrogen) atoms. The summed E-state index contributed by atoms with van der Waals surface area (Å²) >= 11 is 0.